The molecule has 0 saturated heterocycles. The molecule has 2 heterocycles. The van der Waals surface area contributed by atoms with E-state index in [0.29, 0.717) is 23.2 Å². The van der Waals surface area contributed by atoms with Crippen LogP contribution in [0, 0.1) is 0 Å². The van der Waals surface area contributed by atoms with E-state index in [9.17, 15) is 13.2 Å². The zero-order valence-corrected chi connectivity index (χ0v) is 15.0. The predicted molar refractivity (Wildman–Crippen MR) is 97.9 cm³/mol. The Morgan fingerprint density at radius 1 is 1.15 bits per heavy atom. The molecule has 3 rings (SSSR count). The number of hydrogen-bond acceptors (Lipinski definition) is 5. The summed E-state index contributed by atoms with van der Waals surface area (Å²) in [5.41, 5.74) is 2.27. The quantitative estimate of drug-likeness (QED) is 0.689. The van der Waals surface area contributed by atoms with Crippen molar-refractivity contribution in [2.75, 3.05) is 0 Å². The molecule has 0 radical (unpaired) electrons. The number of nitrogens with zero attached hydrogens (tertiary/aromatic N) is 2. The van der Waals surface area contributed by atoms with Gasteiger partial charge in [0, 0.05) is 30.6 Å². The fourth-order valence-corrected chi connectivity index (χ4v) is 3.87. The average molecular weight is 370 g/mol. The largest absolute Gasteiger partial charge is 0.268 e. The predicted octanol–water partition coefficient (Wildman–Crippen LogP) is 1.87. The van der Waals surface area contributed by atoms with E-state index in [0.717, 1.165) is 5.56 Å². The standard InChI is InChI=1S/C18H18N4O3S/c1-2-14-5-6-15(16-7-8-18(23)22-21-16)10-17(14)26(24,25)20-12-13-4-3-9-19-11-13/h3-11,20H,2,12H2,1H3,(H,22,23). The number of sulfonamides is 1. The van der Waals surface area contributed by atoms with Crippen molar-refractivity contribution in [2.45, 2.75) is 24.8 Å². The monoisotopic (exact) mass is 370 g/mol. The molecule has 1 aromatic carbocycles. The molecular weight excluding hydrogens is 352 g/mol. The Hall–Kier alpha value is -2.84. The zero-order valence-electron chi connectivity index (χ0n) is 14.1. The number of nitrogens with one attached hydrogen (secondary N) is 2. The first-order valence-electron chi connectivity index (χ1n) is 8.07. The van der Waals surface area contributed by atoms with E-state index in [1.54, 1.807) is 48.8 Å². The van der Waals surface area contributed by atoms with Crippen LogP contribution in [0.25, 0.3) is 11.3 Å². The van der Waals surface area contributed by atoms with Crippen molar-refractivity contribution in [2.24, 2.45) is 0 Å². The first kappa shape index (κ1) is 18.0. The lowest BCUT2D eigenvalue weighted by molar-refractivity contribution is 0.580. The van der Waals surface area contributed by atoms with Crippen LogP contribution in [0.3, 0.4) is 0 Å². The van der Waals surface area contributed by atoms with Crippen molar-refractivity contribution in [3.8, 4) is 11.3 Å². The van der Waals surface area contributed by atoms with Crippen molar-refractivity contribution in [3.05, 3.63) is 76.3 Å². The Bertz CT molecular complexity index is 1040. The molecular formula is C18H18N4O3S. The van der Waals surface area contributed by atoms with Gasteiger partial charge in [0.15, 0.2) is 0 Å². The molecule has 0 aliphatic carbocycles. The number of aryl methyl sites for hydroxylation is 1. The lowest BCUT2D eigenvalue weighted by Gasteiger charge is -2.12. The lowest BCUT2D eigenvalue weighted by Crippen LogP contribution is -2.24. The van der Waals surface area contributed by atoms with Gasteiger partial charge in [0.1, 0.15) is 0 Å². The van der Waals surface area contributed by atoms with Crippen LogP contribution >= 0.6 is 0 Å². The molecule has 0 bridgehead atoms. The van der Waals surface area contributed by atoms with Gasteiger partial charge in [-0.25, -0.2) is 18.2 Å². The summed E-state index contributed by atoms with van der Waals surface area (Å²) in [6, 6.07) is 11.6. The van der Waals surface area contributed by atoms with Crippen molar-refractivity contribution >= 4 is 10.0 Å². The Kier molecular flexibility index (Phi) is 5.24. The Morgan fingerprint density at radius 3 is 2.65 bits per heavy atom. The molecule has 26 heavy (non-hydrogen) atoms. The van der Waals surface area contributed by atoms with Crippen molar-refractivity contribution in [1.82, 2.24) is 19.9 Å². The van der Waals surface area contributed by atoms with Crippen molar-refractivity contribution < 1.29 is 8.42 Å². The molecule has 0 fully saturated rings. The van der Waals surface area contributed by atoms with E-state index in [4.69, 9.17) is 0 Å². The fraction of sp³-hybridized carbons (Fsp3) is 0.167. The molecule has 0 aliphatic rings. The molecule has 0 aliphatic heterocycles. The molecule has 2 N–H and O–H groups in total. The van der Waals surface area contributed by atoms with Gasteiger partial charge < -0.3 is 0 Å². The van der Waals surface area contributed by atoms with Crippen molar-refractivity contribution in [1.29, 1.82) is 0 Å². The van der Waals surface area contributed by atoms with Crippen LogP contribution in [0.1, 0.15) is 18.1 Å². The Morgan fingerprint density at radius 2 is 2.00 bits per heavy atom. The van der Waals surface area contributed by atoms with Crippen molar-refractivity contribution in [3.63, 3.8) is 0 Å². The Labute approximate surface area is 151 Å². The normalized spacial score (nSPS) is 11.4. The summed E-state index contributed by atoms with van der Waals surface area (Å²) in [5.74, 6) is 0. The minimum absolute atomic E-state index is 0.153. The van der Waals surface area contributed by atoms with Crippen LogP contribution in [0.2, 0.25) is 0 Å². The highest BCUT2D eigenvalue weighted by Crippen LogP contribution is 2.24. The first-order chi connectivity index (χ1) is 12.5. The lowest BCUT2D eigenvalue weighted by atomic mass is 10.1. The number of benzene rings is 1. The van der Waals surface area contributed by atoms with E-state index in [1.807, 2.05) is 6.92 Å². The number of hydrogen-bond donors (Lipinski definition) is 2. The van der Waals surface area contributed by atoms with Gasteiger partial charge in [0.25, 0.3) is 5.56 Å². The maximum atomic E-state index is 12.8. The molecule has 0 amide bonds. The minimum atomic E-state index is -3.72. The second-order valence-corrected chi connectivity index (χ2v) is 7.40. The molecule has 0 unspecified atom stereocenters. The van der Waals surface area contributed by atoms with Crippen LogP contribution < -0.4 is 10.3 Å². The number of pyridine rings is 1. The molecule has 8 heteroatoms. The molecule has 0 atom stereocenters. The van der Waals surface area contributed by atoms with Gasteiger partial charge in [0.05, 0.1) is 10.6 Å². The van der Waals surface area contributed by atoms with Gasteiger partial charge in [-0.15, -0.1) is 0 Å². The Balaban J connectivity index is 1.95. The summed E-state index contributed by atoms with van der Waals surface area (Å²) >= 11 is 0. The topological polar surface area (TPSA) is 105 Å². The summed E-state index contributed by atoms with van der Waals surface area (Å²) in [6.07, 6.45) is 3.82. The maximum absolute atomic E-state index is 12.8. The average Bonchev–Trinajstić information content (AvgIpc) is 2.67. The molecule has 0 saturated carbocycles. The highest BCUT2D eigenvalue weighted by Gasteiger charge is 2.19. The highest BCUT2D eigenvalue weighted by atomic mass is 32.2. The van der Waals surface area contributed by atoms with Gasteiger partial charge in [-0.3, -0.25) is 9.78 Å². The van der Waals surface area contributed by atoms with E-state index >= 15 is 0 Å². The minimum Gasteiger partial charge on any atom is -0.268 e. The van der Waals surface area contributed by atoms with Crippen LogP contribution in [-0.4, -0.2) is 23.6 Å². The number of H-pyrrole nitrogens is 1. The SMILES string of the molecule is CCc1ccc(-c2ccc(=O)[nH]n2)cc1S(=O)(=O)NCc1cccnc1. The van der Waals surface area contributed by atoms with Gasteiger partial charge >= 0.3 is 0 Å². The summed E-state index contributed by atoms with van der Waals surface area (Å²) in [7, 11) is -3.72. The van der Waals surface area contributed by atoms with Crippen LogP contribution in [0.5, 0.6) is 0 Å². The highest BCUT2D eigenvalue weighted by molar-refractivity contribution is 7.89. The second-order valence-electron chi connectivity index (χ2n) is 5.67. The molecule has 0 spiro atoms. The van der Waals surface area contributed by atoms with Crippen LogP contribution in [0.4, 0.5) is 0 Å². The summed E-state index contributed by atoms with van der Waals surface area (Å²) in [6.45, 7) is 2.05. The number of aromatic nitrogens is 3. The third kappa shape index (κ3) is 4.04. The smallest absolute Gasteiger partial charge is 0.264 e. The van der Waals surface area contributed by atoms with Gasteiger partial charge in [-0.2, -0.15) is 5.10 Å². The van der Waals surface area contributed by atoms with E-state index < -0.39 is 10.0 Å². The summed E-state index contributed by atoms with van der Waals surface area (Å²) in [4.78, 5) is 15.4. The van der Waals surface area contributed by atoms with Crippen LogP contribution in [-0.2, 0) is 23.0 Å². The van der Waals surface area contributed by atoms with E-state index in [1.165, 1.54) is 6.07 Å². The molecule has 134 valence electrons. The maximum Gasteiger partial charge on any atom is 0.264 e. The second kappa shape index (κ2) is 7.59. The van der Waals surface area contributed by atoms with Gasteiger partial charge in [0.2, 0.25) is 10.0 Å². The third-order valence-corrected chi connectivity index (χ3v) is 5.39. The molecule has 3 aromatic rings. The van der Waals surface area contributed by atoms with Gasteiger partial charge in [-0.05, 0) is 35.7 Å². The number of rotatable bonds is 6. The first-order valence-corrected chi connectivity index (χ1v) is 9.55. The molecule has 2 aromatic heterocycles. The van der Waals surface area contributed by atoms with Crippen LogP contribution in [0.15, 0.2) is 64.5 Å². The summed E-state index contributed by atoms with van der Waals surface area (Å²) < 4.78 is 28.2. The summed E-state index contributed by atoms with van der Waals surface area (Å²) in [5, 5.41) is 6.31. The van der Waals surface area contributed by atoms with E-state index in [-0.39, 0.29) is 17.0 Å². The van der Waals surface area contributed by atoms with E-state index in [2.05, 4.69) is 19.9 Å². The van der Waals surface area contributed by atoms with Gasteiger partial charge in [-0.1, -0.05) is 25.1 Å². The number of aromatic amines is 1. The third-order valence-electron chi connectivity index (χ3n) is 3.90. The zero-order chi connectivity index (χ0) is 18.6. The fourth-order valence-electron chi connectivity index (χ4n) is 2.52. The molecule has 7 nitrogen and oxygen atoms in total.